The summed E-state index contributed by atoms with van der Waals surface area (Å²) in [5.41, 5.74) is 1.09. The summed E-state index contributed by atoms with van der Waals surface area (Å²) in [6.45, 7) is 5.47. The lowest BCUT2D eigenvalue weighted by molar-refractivity contribution is -0.142. The van der Waals surface area contributed by atoms with Gasteiger partial charge in [-0.05, 0) is 30.0 Å². The Kier molecular flexibility index (Phi) is 6.36. The van der Waals surface area contributed by atoms with Crippen molar-refractivity contribution in [3.63, 3.8) is 0 Å². The molecule has 0 amide bonds. The maximum atomic E-state index is 12.1. The molecule has 0 aliphatic heterocycles. The fraction of sp³-hybridized carbons (Fsp3) is 0.533. The zero-order chi connectivity index (χ0) is 16.0. The molecule has 21 heavy (non-hydrogen) atoms. The molecule has 1 rings (SSSR count). The van der Waals surface area contributed by atoms with Crippen molar-refractivity contribution in [2.45, 2.75) is 38.5 Å². The molecule has 118 valence electrons. The van der Waals surface area contributed by atoms with E-state index in [1.165, 1.54) is 0 Å². The highest BCUT2D eigenvalue weighted by Crippen LogP contribution is 2.14. The maximum Gasteiger partial charge on any atom is 0.308 e. The summed E-state index contributed by atoms with van der Waals surface area (Å²) in [7, 11) is -3.67. The van der Waals surface area contributed by atoms with Gasteiger partial charge in [0, 0.05) is 6.54 Å². The normalized spacial score (nSPS) is 13.3. The number of nitrogens with one attached hydrogen (secondary N) is 1. The number of carboxylic acids is 1. The van der Waals surface area contributed by atoms with Crippen LogP contribution in [-0.2, 0) is 21.2 Å². The molecule has 5 nitrogen and oxygen atoms in total. The van der Waals surface area contributed by atoms with Crippen LogP contribution in [0.2, 0.25) is 0 Å². The first kappa shape index (κ1) is 17.7. The largest absolute Gasteiger partial charge is 0.481 e. The maximum absolute atomic E-state index is 12.1. The van der Waals surface area contributed by atoms with Gasteiger partial charge in [-0.2, -0.15) is 0 Å². The summed E-state index contributed by atoms with van der Waals surface area (Å²) in [4.78, 5) is 11.2. The first-order chi connectivity index (χ1) is 9.77. The summed E-state index contributed by atoms with van der Waals surface area (Å²) < 4.78 is 26.7. The van der Waals surface area contributed by atoms with Crippen molar-refractivity contribution < 1.29 is 18.3 Å². The average Bonchev–Trinajstić information content (AvgIpc) is 2.39. The fourth-order valence-corrected chi connectivity index (χ4v) is 3.07. The third kappa shape index (κ3) is 5.13. The molecule has 1 atom stereocenters. The Morgan fingerprint density at radius 3 is 2.24 bits per heavy atom. The SMILES string of the molecule is CCCc1ccc(S(=O)(=O)NCC(C(=O)O)C(C)C)cc1. The molecule has 0 spiro atoms. The van der Waals surface area contributed by atoms with Gasteiger partial charge in [0.1, 0.15) is 0 Å². The zero-order valence-electron chi connectivity index (χ0n) is 12.7. The summed E-state index contributed by atoms with van der Waals surface area (Å²) in [6, 6.07) is 6.68. The molecule has 0 fully saturated rings. The Bertz CT molecular complexity index is 564. The minimum atomic E-state index is -3.67. The number of aryl methyl sites for hydroxylation is 1. The number of carboxylic acid groups (broad SMARTS) is 1. The van der Waals surface area contributed by atoms with E-state index < -0.39 is 21.9 Å². The Hall–Kier alpha value is -1.40. The van der Waals surface area contributed by atoms with Gasteiger partial charge >= 0.3 is 5.97 Å². The number of aliphatic carboxylic acids is 1. The molecule has 0 heterocycles. The van der Waals surface area contributed by atoms with Gasteiger partial charge < -0.3 is 5.11 Å². The lowest BCUT2D eigenvalue weighted by Crippen LogP contribution is -2.35. The van der Waals surface area contributed by atoms with Gasteiger partial charge in [-0.15, -0.1) is 0 Å². The molecule has 0 saturated heterocycles. The third-order valence-corrected chi connectivity index (χ3v) is 4.83. The smallest absolute Gasteiger partial charge is 0.308 e. The minimum absolute atomic E-state index is 0.105. The number of benzene rings is 1. The van der Waals surface area contributed by atoms with E-state index in [1.54, 1.807) is 38.1 Å². The molecular formula is C15H23NO4S. The van der Waals surface area contributed by atoms with E-state index in [2.05, 4.69) is 11.6 Å². The predicted molar refractivity (Wildman–Crippen MR) is 81.6 cm³/mol. The Morgan fingerprint density at radius 2 is 1.81 bits per heavy atom. The van der Waals surface area contributed by atoms with Crippen LogP contribution in [0.15, 0.2) is 29.2 Å². The molecule has 0 aliphatic rings. The second kappa shape index (κ2) is 7.56. The Balaban J connectivity index is 2.79. The highest BCUT2D eigenvalue weighted by molar-refractivity contribution is 7.89. The number of rotatable bonds is 8. The van der Waals surface area contributed by atoms with Crippen molar-refractivity contribution in [1.82, 2.24) is 4.72 Å². The molecule has 0 aliphatic carbocycles. The van der Waals surface area contributed by atoms with Gasteiger partial charge in [0.2, 0.25) is 10.0 Å². The van der Waals surface area contributed by atoms with E-state index >= 15 is 0 Å². The highest BCUT2D eigenvalue weighted by Gasteiger charge is 2.24. The van der Waals surface area contributed by atoms with Crippen molar-refractivity contribution in [2.24, 2.45) is 11.8 Å². The van der Waals surface area contributed by atoms with Gasteiger partial charge in [-0.25, -0.2) is 13.1 Å². The summed E-state index contributed by atoms with van der Waals surface area (Å²) in [6.07, 6.45) is 1.90. The highest BCUT2D eigenvalue weighted by atomic mass is 32.2. The van der Waals surface area contributed by atoms with Crippen molar-refractivity contribution in [2.75, 3.05) is 6.54 Å². The van der Waals surface area contributed by atoms with Crippen LogP contribution in [-0.4, -0.2) is 26.0 Å². The average molecular weight is 313 g/mol. The quantitative estimate of drug-likeness (QED) is 0.771. The molecule has 2 N–H and O–H groups in total. The van der Waals surface area contributed by atoms with E-state index in [9.17, 15) is 13.2 Å². The summed E-state index contributed by atoms with van der Waals surface area (Å²) in [5.74, 6) is -1.87. The first-order valence-corrected chi connectivity index (χ1v) is 8.57. The van der Waals surface area contributed by atoms with E-state index in [-0.39, 0.29) is 17.4 Å². The predicted octanol–water partition coefficient (Wildman–Crippen LogP) is 2.27. The van der Waals surface area contributed by atoms with Crippen LogP contribution in [0.25, 0.3) is 0 Å². The van der Waals surface area contributed by atoms with Crippen LogP contribution in [0.1, 0.15) is 32.8 Å². The topological polar surface area (TPSA) is 83.5 Å². The molecule has 1 aromatic rings. The van der Waals surface area contributed by atoms with Gasteiger partial charge in [-0.3, -0.25) is 4.79 Å². The fourth-order valence-electron chi connectivity index (χ4n) is 2.01. The van der Waals surface area contributed by atoms with Crippen molar-refractivity contribution >= 4 is 16.0 Å². The summed E-state index contributed by atoms with van der Waals surface area (Å²) >= 11 is 0. The third-order valence-electron chi connectivity index (χ3n) is 3.39. The van der Waals surface area contributed by atoms with Crippen LogP contribution >= 0.6 is 0 Å². The van der Waals surface area contributed by atoms with Gasteiger partial charge in [0.05, 0.1) is 10.8 Å². The van der Waals surface area contributed by atoms with Crippen LogP contribution < -0.4 is 4.72 Å². The number of carbonyl (C=O) groups is 1. The number of hydrogen-bond donors (Lipinski definition) is 2. The molecule has 6 heteroatoms. The van der Waals surface area contributed by atoms with Crippen molar-refractivity contribution in [3.8, 4) is 0 Å². The van der Waals surface area contributed by atoms with Crippen LogP contribution in [0.4, 0.5) is 0 Å². The molecule has 0 saturated carbocycles. The molecule has 1 unspecified atom stereocenters. The lowest BCUT2D eigenvalue weighted by atomic mass is 9.97. The number of hydrogen-bond acceptors (Lipinski definition) is 3. The van der Waals surface area contributed by atoms with Crippen molar-refractivity contribution in [3.05, 3.63) is 29.8 Å². The van der Waals surface area contributed by atoms with E-state index in [4.69, 9.17) is 5.11 Å². The second-order valence-electron chi connectivity index (χ2n) is 5.43. The molecule has 0 bridgehead atoms. The molecule has 0 radical (unpaired) electrons. The monoisotopic (exact) mass is 313 g/mol. The van der Waals surface area contributed by atoms with Gasteiger partial charge in [0.25, 0.3) is 0 Å². The minimum Gasteiger partial charge on any atom is -0.481 e. The van der Waals surface area contributed by atoms with Crippen LogP contribution in [0, 0.1) is 11.8 Å². The van der Waals surface area contributed by atoms with E-state index in [0.717, 1.165) is 18.4 Å². The molecule has 0 aromatic heterocycles. The van der Waals surface area contributed by atoms with Crippen LogP contribution in [0.5, 0.6) is 0 Å². The number of sulfonamides is 1. The van der Waals surface area contributed by atoms with Gasteiger partial charge in [0.15, 0.2) is 0 Å². The second-order valence-corrected chi connectivity index (χ2v) is 7.20. The summed E-state index contributed by atoms with van der Waals surface area (Å²) in [5, 5.41) is 9.07. The lowest BCUT2D eigenvalue weighted by Gasteiger charge is -2.16. The molecule has 1 aromatic carbocycles. The Labute approximate surface area is 126 Å². The van der Waals surface area contributed by atoms with E-state index in [1.807, 2.05) is 0 Å². The molecular weight excluding hydrogens is 290 g/mol. The van der Waals surface area contributed by atoms with Crippen LogP contribution in [0.3, 0.4) is 0 Å². The zero-order valence-corrected chi connectivity index (χ0v) is 13.5. The Morgan fingerprint density at radius 1 is 1.24 bits per heavy atom. The van der Waals surface area contributed by atoms with E-state index in [0.29, 0.717) is 0 Å². The first-order valence-electron chi connectivity index (χ1n) is 7.09. The standard InChI is InChI=1S/C15H23NO4S/c1-4-5-12-6-8-13(9-7-12)21(19,20)16-10-14(11(2)3)15(17)18/h6-9,11,14,16H,4-5,10H2,1-3H3,(H,17,18). The van der Waals surface area contributed by atoms with Gasteiger partial charge in [-0.1, -0.05) is 39.3 Å². The van der Waals surface area contributed by atoms with Crippen molar-refractivity contribution in [1.29, 1.82) is 0 Å².